The molecule has 0 radical (unpaired) electrons. The Kier molecular flexibility index (Phi) is 6.03. The molecule has 0 bridgehead atoms. The number of primary sulfonamides is 1. The molecule has 2 aromatic rings. The second kappa shape index (κ2) is 8.12. The van der Waals surface area contributed by atoms with E-state index in [1.54, 1.807) is 12.1 Å². The largest absolute Gasteiger partial charge is 0.492 e. The zero-order valence-corrected chi connectivity index (χ0v) is 16.1. The summed E-state index contributed by atoms with van der Waals surface area (Å²) in [4.78, 5) is -0.665. The molecule has 8 heteroatoms. The normalized spacial score (nSPS) is 20.4. The third kappa shape index (κ3) is 4.78. The maximum atomic E-state index is 14.0. The molecule has 4 nitrogen and oxygen atoms in total. The Hall–Kier alpha value is -1.70. The lowest BCUT2D eigenvalue weighted by atomic mass is 9.76. The second-order valence-electron chi connectivity index (χ2n) is 6.77. The van der Waals surface area contributed by atoms with Crippen molar-refractivity contribution in [1.29, 1.82) is 0 Å². The van der Waals surface area contributed by atoms with E-state index in [-0.39, 0.29) is 28.4 Å². The summed E-state index contributed by atoms with van der Waals surface area (Å²) < 4.78 is 55.7. The molecule has 1 aliphatic carbocycles. The first-order valence-electron chi connectivity index (χ1n) is 8.66. The molecule has 146 valence electrons. The zero-order chi connectivity index (χ0) is 19.6. The summed E-state index contributed by atoms with van der Waals surface area (Å²) in [6, 6.07) is 8.36. The van der Waals surface area contributed by atoms with Gasteiger partial charge in [-0.15, -0.1) is 0 Å². The van der Waals surface area contributed by atoms with Crippen LogP contribution in [0.1, 0.15) is 37.2 Å². The van der Waals surface area contributed by atoms with Gasteiger partial charge in [-0.3, -0.25) is 0 Å². The monoisotopic (exact) mass is 415 g/mol. The Labute approximate surface area is 162 Å². The van der Waals surface area contributed by atoms with Crippen molar-refractivity contribution in [3.8, 4) is 5.75 Å². The number of hydrogen-bond acceptors (Lipinski definition) is 3. The van der Waals surface area contributed by atoms with E-state index in [1.165, 1.54) is 12.1 Å². The lowest BCUT2D eigenvalue weighted by Gasteiger charge is -2.32. The minimum absolute atomic E-state index is 0.0189. The van der Waals surface area contributed by atoms with Gasteiger partial charge in [0.1, 0.15) is 22.3 Å². The fraction of sp³-hybridized carbons (Fsp3) is 0.368. The fourth-order valence-electron chi connectivity index (χ4n) is 3.59. The number of nitrogens with two attached hydrogens (primary N) is 1. The number of benzene rings is 2. The summed E-state index contributed by atoms with van der Waals surface area (Å²) in [6.07, 6.45) is 4.03. The summed E-state index contributed by atoms with van der Waals surface area (Å²) in [6.45, 7) is 0.302. The molecule has 0 aromatic heterocycles. The molecule has 2 atom stereocenters. The van der Waals surface area contributed by atoms with Crippen LogP contribution in [0.5, 0.6) is 5.75 Å². The summed E-state index contributed by atoms with van der Waals surface area (Å²) in [7, 11) is -4.20. The predicted molar refractivity (Wildman–Crippen MR) is 99.4 cm³/mol. The van der Waals surface area contributed by atoms with Gasteiger partial charge in [-0.05, 0) is 48.4 Å². The quantitative estimate of drug-likeness (QED) is 0.774. The molecule has 27 heavy (non-hydrogen) atoms. The lowest BCUT2D eigenvalue weighted by Crippen LogP contribution is -2.24. The molecule has 0 saturated heterocycles. The Morgan fingerprint density at radius 2 is 1.78 bits per heavy atom. The Bertz CT molecular complexity index is 919. The summed E-state index contributed by atoms with van der Waals surface area (Å²) >= 11 is 6.04. The molecule has 1 aliphatic rings. The van der Waals surface area contributed by atoms with E-state index in [4.69, 9.17) is 21.5 Å². The van der Waals surface area contributed by atoms with Gasteiger partial charge in [0.05, 0.1) is 11.6 Å². The van der Waals surface area contributed by atoms with E-state index < -0.39 is 20.7 Å². The third-order valence-corrected chi connectivity index (χ3v) is 6.17. The fourth-order valence-corrected chi connectivity index (χ4v) is 4.49. The Balaban J connectivity index is 1.76. The van der Waals surface area contributed by atoms with E-state index in [0.29, 0.717) is 6.61 Å². The van der Waals surface area contributed by atoms with Gasteiger partial charge in [-0.2, -0.15) is 0 Å². The van der Waals surface area contributed by atoms with Crippen LogP contribution in [0.15, 0.2) is 41.3 Å². The summed E-state index contributed by atoms with van der Waals surface area (Å²) in [5.41, 5.74) is 1.05. The molecule has 2 unspecified atom stereocenters. The second-order valence-corrected chi connectivity index (χ2v) is 8.71. The molecule has 2 N–H and O–H groups in total. The van der Waals surface area contributed by atoms with Gasteiger partial charge in [-0.25, -0.2) is 22.3 Å². The van der Waals surface area contributed by atoms with Crippen LogP contribution in [0.4, 0.5) is 8.78 Å². The van der Waals surface area contributed by atoms with Crippen LogP contribution in [0.3, 0.4) is 0 Å². The van der Waals surface area contributed by atoms with Crippen molar-refractivity contribution >= 4 is 21.6 Å². The summed E-state index contributed by atoms with van der Waals surface area (Å²) in [5, 5.41) is 4.95. The number of ether oxygens (including phenoxy) is 1. The maximum Gasteiger partial charge on any atom is 0.241 e. The smallest absolute Gasteiger partial charge is 0.241 e. The van der Waals surface area contributed by atoms with Gasteiger partial charge < -0.3 is 4.74 Å². The van der Waals surface area contributed by atoms with E-state index in [2.05, 4.69) is 0 Å². The van der Waals surface area contributed by atoms with Gasteiger partial charge in [0.25, 0.3) is 0 Å². The first-order valence-corrected chi connectivity index (χ1v) is 10.6. The number of halogens is 3. The SMILES string of the molecule is NS(=O)(=O)c1cc(Cl)c(OCC2CCCCC2c2ccc(F)cc2)cc1F. The van der Waals surface area contributed by atoms with Crippen molar-refractivity contribution < 1.29 is 21.9 Å². The summed E-state index contributed by atoms with van der Waals surface area (Å²) in [5.74, 6) is -0.826. The van der Waals surface area contributed by atoms with Gasteiger partial charge >= 0.3 is 0 Å². The van der Waals surface area contributed by atoms with Gasteiger partial charge in [0.2, 0.25) is 10.0 Å². The molecule has 0 spiro atoms. The van der Waals surface area contributed by atoms with Crippen molar-refractivity contribution in [2.75, 3.05) is 6.61 Å². The molecule has 2 aromatic carbocycles. The van der Waals surface area contributed by atoms with Crippen LogP contribution in [0.2, 0.25) is 5.02 Å². The highest BCUT2D eigenvalue weighted by Gasteiger charge is 2.28. The van der Waals surface area contributed by atoms with E-state index in [1.807, 2.05) is 0 Å². The molecule has 1 saturated carbocycles. The third-order valence-electron chi connectivity index (χ3n) is 4.95. The van der Waals surface area contributed by atoms with Crippen molar-refractivity contribution in [3.63, 3.8) is 0 Å². The molecular weight excluding hydrogens is 396 g/mol. The minimum atomic E-state index is -4.20. The highest BCUT2D eigenvalue weighted by Crippen LogP contribution is 2.39. The lowest BCUT2D eigenvalue weighted by molar-refractivity contribution is 0.186. The first-order chi connectivity index (χ1) is 12.8. The van der Waals surface area contributed by atoms with Crippen LogP contribution < -0.4 is 9.88 Å². The average Bonchev–Trinajstić information content (AvgIpc) is 2.62. The molecule has 3 rings (SSSR count). The number of rotatable bonds is 5. The van der Waals surface area contributed by atoms with E-state index in [0.717, 1.165) is 43.4 Å². The highest BCUT2D eigenvalue weighted by atomic mass is 35.5. The van der Waals surface area contributed by atoms with Crippen LogP contribution in [0, 0.1) is 17.6 Å². The van der Waals surface area contributed by atoms with Crippen LogP contribution >= 0.6 is 11.6 Å². The average molecular weight is 416 g/mol. The Morgan fingerprint density at radius 3 is 2.44 bits per heavy atom. The molecule has 0 amide bonds. The number of sulfonamides is 1. The van der Waals surface area contributed by atoms with Gasteiger partial charge in [0, 0.05) is 6.07 Å². The standard InChI is InChI=1S/C19H20ClF2NO3S/c20-16-9-19(27(23,24)25)17(22)10-18(16)26-11-13-3-1-2-4-15(13)12-5-7-14(21)8-6-12/h5-10,13,15H,1-4,11H2,(H2,23,24,25). The van der Waals surface area contributed by atoms with Crippen molar-refractivity contribution in [3.05, 3.63) is 58.6 Å². The van der Waals surface area contributed by atoms with Crippen LogP contribution in [-0.4, -0.2) is 15.0 Å². The Morgan fingerprint density at radius 1 is 1.11 bits per heavy atom. The van der Waals surface area contributed by atoms with Gasteiger partial charge in [0.15, 0.2) is 0 Å². The predicted octanol–water partition coefficient (Wildman–Crippen LogP) is 4.62. The van der Waals surface area contributed by atoms with Crippen molar-refractivity contribution in [2.24, 2.45) is 11.1 Å². The van der Waals surface area contributed by atoms with Crippen molar-refractivity contribution in [2.45, 2.75) is 36.5 Å². The number of hydrogen-bond donors (Lipinski definition) is 1. The highest BCUT2D eigenvalue weighted by molar-refractivity contribution is 7.89. The topological polar surface area (TPSA) is 69.4 Å². The van der Waals surface area contributed by atoms with Crippen molar-refractivity contribution in [1.82, 2.24) is 0 Å². The molecule has 0 aliphatic heterocycles. The minimum Gasteiger partial charge on any atom is -0.492 e. The van der Waals surface area contributed by atoms with Crippen LogP contribution in [0.25, 0.3) is 0 Å². The molecule has 0 heterocycles. The van der Waals surface area contributed by atoms with Gasteiger partial charge in [-0.1, -0.05) is 36.6 Å². The van der Waals surface area contributed by atoms with E-state index in [9.17, 15) is 17.2 Å². The van der Waals surface area contributed by atoms with E-state index >= 15 is 0 Å². The first kappa shape index (κ1) is 20.0. The maximum absolute atomic E-state index is 14.0. The molecule has 1 fully saturated rings. The zero-order valence-electron chi connectivity index (χ0n) is 14.5. The molecular formula is C19H20ClF2NO3S. The van der Waals surface area contributed by atoms with Crippen LogP contribution in [-0.2, 0) is 10.0 Å².